The molecule has 1 saturated carbocycles. The second kappa shape index (κ2) is 7.30. The number of amides is 1. The third-order valence-electron chi connectivity index (χ3n) is 5.52. The van der Waals surface area contributed by atoms with Gasteiger partial charge in [0.05, 0.1) is 17.8 Å². The van der Waals surface area contributed by atoms with Crippen LogP contribution in [-0.4, -0.2) is 27.3 Å². The molecule has 134 valence electrons. The Labute approximate surface area is 151 Å². The lowest BCUT2D eigenvalue weighted by Crippen LogP contribution is -2.41. The minimum Gasteiger partial charge on any atom is -0.393 e. The molecule has 2 aliphatic carbocycles. The molecule has 3 N–H and O–H groups in total. The maximum absolute atomic E-state index is 12.5. The molecule has 2 aromatic rings. The first-order chi connectivity index (χ1) is 12.2. The average molecular weight is 359 g/mol. The highest BCUT2D eigenvalue weighted by Crippen LogP contribution is 2.39. The number of H-pyrrole nitrogens is 1. The number of hydrogen-bond donors (Lipinski definition) is 3. The van der Waals surface area contributed by atoms with Gasteiger partial charge in [-0.25, -0.2) is 0 Å². The van der Waals surface area contributed by atoms with Gasteiger partial charge in [-0.15, -0.1) is 11.3 Å². The van der Waals surface area contributed by atoms with E-state index in [2.05, 4.69) is 21.6 Å². The summed E-state index contributed by atoms with van der Waals surface area (Å²) in [5, 5.41) is 22.4. The molecule has 0 radical (unpaired) electrons. The smallest absolute Gasteiger partial charge is 0.220 e. The Kier molecular flexibility index (Phi) is 4.90. The Morgan fingerprint density at radius 2 is 2.24 bits per heavy atom. The number of nitrogens with zero attached hydrogens (tertiary/aromatic N) is 1. The van der Waals surface area contributed by atoms with Crippen LogP contribution in [0, 0.1) is 5.92 Å². The maximum Gasteiger partial charge on any atom is 0.220 e. The lowest BCUT2D eigenvalue weighted by molar-refractivity contribution is -0.123. The molecule has 1 amide bonds. The molecule has 2 aliphatic rings. The summed E-state index contributed by atoms with van der Waals surface area (Å²) in [6.45, 7) is 0. The van der Waals surface area contributed by atoms with Gasteiger partial charge in [-0.2, -0.15) is 5.10 Å². The van der Waals surface area contributed by atoms with Crippen LogP contribution in [0.15, 0.2) is 17.5 Å². The zero-order chi connectivity index (χ0) is 17.2. The third-order valence-corrected chi connectivity index (χ3v) is 6.47. The normalized spacial score (nSPS) is 23.6. The molecular formula is C19H25N3O2S. The molecule has 1 fully saturated rings. The molecular weight excluding hydrogens is 334 g/mol. The molecule has 0 bridgehead atoms. The quantitative estimate of drug-likeness (QED) is 0.742. The van der Waals surface area contributed by atoms with Crippen LogP contribution >= 0.6 is 11.3 Å². The van der Waals surface area contributed by atoms with E-state index in [4.69, 9.17) is 0 Å². The highest BCUT2D eigenvalue weighted by Gasteiger charge is 2.36. The lowest BCUT2D eigenvalue weighted by atomic mass is 9.76. The highest BCUT2D eigenvalue weighted by atomic mass is 32.1. The van der Waals surface area contributed by atoms with Gasteiger partial charge in [0.25, 0.3) is 0 Å². The number of aliphatic hydroxyl groups is 1. The topological polar surface area (TPSA) is 78.0 Å². The van der Waals surface area contributed by atoms with Gasteiger partial charge in [-0.1, -0.05) is 6.07 Å². The van der Waals surface area contributed by atoms with Crippen molar-refractivity contribution in [1.82, 2.24) is 15.5 Å². The van der Waals surface area contributed by atoms with E-state index in [0.717, 1.165) is 31.4 Å². The summed E-state index contributed by atoms with van der Waals surface area (Å²) in [6.07, 6.45) is 7.11. The number of nitrogens with one attached hydrogen (secondary N) is 2. The van der Waals surface area contributed by atoms with Gasteiger partial charge in [-0.05, 0) is 61.5 Å². The Morgan fingerprint density at radius 3 is 3.00 bits per heavy atom. The molecule has 4 rings (SSSR count). The monoisotopic (exact) mass is 359 g/mol. The van der Waals surface area contributed by atoms with Crippen LogP contribution in [0.5, 0.6) is 0 Å². The molecule has 25 heavy (non-hydrogen) atoms. The van der Waals surface area contributed by atoms with Gasteiger partial charge in [0.1, 0.15) is 0 Å². The first kappa shape index (κ1) is 16.8. The van der Waals surface area contributed by atoms with Crippen molar-refractivity contribution in [3.05, 3.63) is 39.3 Å². The maximum atomic E-state index is 12.5. The molecule has 0 aromatic carbocycles. The Hall–Kier alpha value is -1.66. The van der Waals surface area contributed by atoms with Crippen molar-refractivity contribution in [3.63, 3.8) is 0 Å². The van der Waals surface area contributed by atoms with Crippen molar-refractivity contribution in [3.8, 4) is 0 Å². The van der Waals surface area contributed by atoms with Gasteiger partial charge in [0.2, 0.25) is 5.91 Å². The summed E-state index contributed by atoms with van der Waals surface area (Å²) >= 11 is 1.67. The van der Waals surface area contributed by atoms with E-state index in [0.29, 0.717) is 18.8 Å². The fourth-order valence-electron chi connectivity index (χ4n) is 4.03. The number of aromatic nitrogens is 2. The van der Waals surface area contributed by atoms with Gasteiger partial charge >= 0.3 is 0 Å². The molecule has 1 unspecified atom stereocenters. The van der Waals surface area contributed by atoms with Crippen molar-refractivity contribution in [2.24, 2.45) is 5.92 Å². The van der Waals surface area contributed by atoms with Crippen LogP contribution in [0.1, 0.15) is 60.0 Å². The van der Waals surface area contributed by atoms with E-state index in [1.165, 1.54) is 29.0 Å². The van der Waals surface area contributed by atoms with E-state index in [1.807, 2.05) is 11.4 Å². The van der Waals surface area contributed by atoms with Crippen LogP contribution in [0.25, 0.3) is 0 Å². The highest BCUT2D eigenvalue weighted by molar-refractivity contribution is 7.10. The molecule has 0 aliphatic heterocycles. The van der Waals surface area contributed by atoms with Gasteiger partial charge in [0, 0.05) is 23.4 Å². The van der Waals surface area contributed by atoms with E-state index in [1.54, 1.807) is 11.3 Å². The van der Waals surface area contributed by atoms with Crippen molar-refractivity contribution < 1.29 is 9.90 Å². The zero-order valence-electron chi connectivity index (χ0n) is 14.3. The lowest BCUT2D eigenvalue weighted by Gasteiger charge is -2.37. The van der Waals surface area contributed by atoms with Crippen LogP contribution in [0.3, 0.4) is 0 Å². The van der Waals surface area contributed by atoms with Crippen LogP contribution < -0.4 is 5.32 Å². The number of carbonyl (C=O) groups excluding carboxylic acids is 1. The summed E-state index contributed by atoms with van der Waals surface area (Å²) in [5.41, 5.74) is 3.68. The summed E-state index contributed by atoms with van der Waals surface area (Å²) in [4.78, 5) is 13.7. The molecule has 0 spiro atoms. The van der Waals surface area contributed by atoms with E-state index in [-0.39, 0.29) is 18.1 Å². The summed E-state index contributed by atoms with van der Waals surface area (Å²) in [7, 11) is 0. The Balaban J connectivity index is 1.36. The van der Waals surface area contributed by atoms with Gasteiger partial charge < -0.3 is 10.4 Å². The Morgan fingerprint density at radius 1 is 1.40 bits per heavy atom. The molecule has 6 heteroatoms. The summed E-state index contributed by atoms with van der Waals surface area (Å²) in [5.74, 6) is 0.420. The molecule has 2 aromatic heterocycles. The van der Waals surface area contributed by atoms with Crippen LogP contribution in [-0.2, 0) is 24.1 Å². The summed E-state index contributed by atoms with van der Waals surface area (Å²) in [6, 6.07) is 4.12. The number of aryl methyl sites for hydroxylation is 2. The molecule has 5 nitrogen and oxygen atoms in total. The van der Waals surface area contributed by atoms with Gasteiger partial charge in [-0.3, -0.25) is 9.89 Å². The standard InChI is InChI=1S/C19H25N3O2S/c23-13-10-12(11-13)19(17-6-3-9-25-17)20-18(24)8-7-16-14-4-1-2-5-15(14)21-22-16/h3,6,9,12-13,19,23H,1-2,4-5,7-8,10-11H2,(H,20,24)(H,21,22). The number of aliphatic hydroxyl groups excluding tert-OH is 1. The second-order valence-corrected chi connectivity index (χ2v) is 8.26. The second-order valence-electron chi connectivity index (χ2n) is 7.28. The number of hydrogen-bond acceptors (Lipinski definition) is 4. The fourth-order valence-corrected chi connectivity index (χ4v) is 4.89. The first-order valence-electron chi connectivity index (χ1n) is 9.26. The van der Waals surface area contributed by atoms with E-state index in [9.17, 15) is 9.90 Å². The molecule has 0 saturated heterocycles. The zero-order valence-corrected chi connectivity index (χ0v) is 15.1. The predicted molar refractivity (Wildman–Crippen MR) is 97.5 cm³/mol. The van der Waals surface area contributed by atoms with Crippen LogP contribution in [0.2, 0.25) is 0 Å². The van der Waals surface area contributed by atoms with E-state index < -0.39 is 0 Å². The number of aromatic amines is 1. The Bertz CT molecular complexity index is 719. The minimum atomic E-state index is -0.208. The van der Waals surface area contributed by atoms with Crippen molar-refractivity contribution in [2.45, 2.75) is 63.5 Å². The molecule has 1 atom stereocenters. The first-order valence-corrected chi connectivity index (χ1v) is 10.1. The SMILES string of the molecule is O=C(CCc1n[nH]c2c1CCCC2)NC(c1cccs1)C1CC(O)C1. The summed E-state index contributed by atoms with van der Waals surface area (Å²) < 4.78 is 0. The van der Waals surface area contributed by atoms with Crippen molar-refractivity contribution in [2.75, 3.05) is 0 Å². The number of thiophene rings is 1. The number of carbonyl (C=O) groups is 1. The van der Waals surface area contributed by atoms with Crippen LogP contribution in [0.4, 0.5) is 0 Å². The van der Waals surface area contributed by atoms with Crippen molar-refractivity contribution in [1.29, 1.82) is 0 Å². The minimum absolute atomic E-state index is 0.0315. The van der Waals surface area contributed by atoms with Crippen molar-refractivity contribution >= 4 is 17.2 Å². The fraction of sp³-hybridized carbons (Fsp3) is 0.579. The van der Waals surface area contributed by atoms with E-state index >= 15 is 0 Å². The van der Waals surface area contributed by atoms with Gasteiger partial charge in [0.15, 0.2) is 0 Å². The molecule has 2 heterocycles. The number of rotatable bonds is 6. The number of fused-ring (bicyclic) bond motifs is 1. The largest absolute Gasteiger partial charge is 0.393 e. The third kappa shape index (κ3) is 3.65. The predicted octanol–water partition coefficient (Wildman–Crippen LogP) is 2.91. The average Bonchev–Trinajstić information content (AvgIpc) is 3.25.